The van der Waals surface area contributed by atoms with Crippen LogP contribution in [0, 0.1) is 13.8 Å². The average Bonchev–Trinajstić information content (AvgIpc) is 3.35. The largest absolute Gasteiger partial charge is 0.263 e. The number of H-pyrrole nitrogens is 1. The van der Waals surface area contributed by atoms with Gasteiger partial charge in [-0.1, -0.05) is 30.4 Å². The summed E-state index contributed by atoms with van der Waals surface area (Å²) in [6.07, 6.45) is 7.76. The number of benzene rings is 1. The number of rotatable bonds is 4. The molecule has 0 unspecified atom stereocenters. The zero-order valence-electron chi connectivity index (χ0n) is 14.5. The molecule has 5 nitrogen and oxygen atoms in total. The summed E-state index contributed by atoms with van der Waals surface area (Å²) in [5, 5.41) is 16.2. The number of tetrazole rings is 1. The number of aromatic amines is 1. The average molecular weight is 359 g/mol. The summed E-state index contributed by atoms with van der Waals surface area (Å²) in [4.78, 5) is 5.57. The number of aryl methyl sites for hydroxylation is 2. The van der Waals surface area contributed by atoms with E-state index in [0.29, 0.717) is 5.82 Å². The predicted molar refractivity (Wildman–Crippen MR) is 106 cm³/mol. The van der Waals surface area contributed by atoms with Crippen LogP contribution in [0.4, 0.5) is 0 Å². The third-order valence-electron chi connectivity index (χ3n) is 4.20. The monoisotopic (exact) mass is 359 g/mol. The molecule has 1 N–H and O–H groups in total. The second-order valence-corrected chi connectivity index (χ2v) is 7.02. The summed E-state index contributed by atoms with van der Waals surface area (Å²) in [7, 11) is 0. The number of pyridine rings is 1. The van der Waals surface area contributed by atoms with E-state index in [9.17, 15) is 0 Å². The molecule has 3 aromatic heterocycles. The van der Waals surface area contributed by atoms with Gasteiger partial charge in [-0.25, -0.2) is 0 Å². The summed E-state index contributed by atoms with van der Waals surface area (Å²) < 4.78 is 0. The van der Waals surface area contributed by atoms with Crippen molar-refractivity contribution >= 4 is 23.5 Å². The molecule has 4 rings (SSSR count). The number of nitrogens with one attached hydrogen (secondary N) is 1. The Labute approximate surface area is 155 Å². The van der Waals surface area contributed by atoms with E-state index in [0.717, 1.165) is 11.1 Å². The highest BCUT2D eigenvalue weighted by molar-refractivity contribution is 7.13. The molecule has 0 amide bonds. The van der Waals surface area contributed by atoms with Crippen LogP contribution in [-0.4, -0.2) is 25.6 Å². The molecule has 0 aliphatic heterocycles. The van der Waals surface area contributed by atoms with E-state index < -0.39 is 0 Å². The Morgan fingerprint density at radius 1 is 1.00 bits per heavy atom. The molecule has 0 atom stereocenters. The number of hydrogen-bond donors (Lipinski definition) is 1. The van der Waals surface area contributed by atoms with Gasteiger partial charge in [0, 0.05) is 22.8 Å². The highest BCUT2D eigenvalue weighted by atomic mass is 32.1. The highest BCUT2D eigenvalue weighted by Crippen LogP contribution is 2.29. The maximum atomic E-state index is 4.27. The summed E-state index contributed by atoms with van der Waals surface area (Å²) in [5.41, 5.74) is 6.85. The third kappa shape index (κ3) is 3.32. The molecule has 0 aliphatic carbocycles. The molecular weight excluding hydrogens is 342 g/mol. The molecule has 0 saturated carbocycles. The van der Waals surface area contributed by atoms with Gasteiger partial charge >= 0.3 is 0 Å². The topological polar surface area (TPSA) is 67.3 Å². The number of thiophene rings is 1. The normalized spacial score (nSPS) is 11.3. The Hall–Kier alpha value is -3.12. The summed E-state index contributed by atoms with van der Waals surface area (Å²) in [5.74, 6) is 0.542. The van der Waals surface area contributed by atoms with E-state index in [1.165, 1.54) is 27.1 Å². The van der Waals surface area contributed by atoms with Crippen molar-refractivity contribution in [2.24, 2.45) is 0 Å². The first-order valence-electron chi connectivity index (χ1n) is 8.23. The van der Waals surface area contributed by atoms with Crippen molar-refractivity contribution in [3.05, 3.63) is 70.4 Å². The van der Waals surface area contributed by atoms with Crippen LogP contribution in [0.3, 0.4) is 0 Å². The fourth-order valence-corrected chi connectivity index (χ4v) is 3.67. The molecule has 128 valence electrons. The zero-order chi connectivity index (χ0) is 17.9. The van der Waals surface area contributed by atoms with Gasteiger partial charge in [-0.05, 0) is 64.4 Å². The number of nitrogens with zero attached hydrogens (tertiary/aromatic N) is 4. The van der Waals surface area contributed by atoms with Crippen molar-refractivity contribution < 1.29 is 0 Å². The van der Waals surface area contributed by atoms with Crippen LogP contribution in [0.15, 0.2) is 48.1 Å². The van der Waals surface area contributed by atoms with Crippen molar-refractivity contribution in [2.45, 2.75) is 13.8 Å². The fourth-order valence-electron chi connectivity index (χ4n) is 2.96. The predicted octanol–water partition coefficient (Wildman–Crippen LogP) is 4.78. The molecule has 0 spiro atoms. The van der Waals surface area contributed by atoms with E-state index in [1.807, 2.05) is 12.3 Å². The fraction of sp³-hybridized carbons (Fsp3) is 0.100. The molecular formula is C20H17N5S. The molecule has 0 aliphatic rings. The minimum atomic E-state index is 0.542. The molecule has 0 radical (unpaired) electrons. The van der Waals surface area contributed by atoms with Crippen molar-refractivity contribution in [3.63, 3.8) is 0 Å². The first kappa shape index (κ1) is 16.4. The first-order valence-corrected chi connectivity index (χ1v) is 9.11. The molecule has 4 aromatic rings. The Morgan fingerprint density at radius 2 is 1.85 bits per heavy atom. The van der Waals surface area contributed by atoms with Gasteiger partial charge in [0.05, 0.1) is 0 Å². The van der Waals surface area contributed by atoms with Gasteiger partial charge in [0.2, 0.25) is 5.82 Å². The summed E-state index contributed by atoms with van der Waals surface area (Å²) >= 11 is 1.76. The van der Waals surface area contributed by atoms with Crippen molar-refractivity contribution in [2.75, 3.05) is 0 Å². The van der Waals surface area contributed by atoms with E-state index >= 15 is 0 Å². The second kappa shape index (κ2) is 7.01. The quantitative estimate of drug-likeness (QED) is 0.569. The molecule has 6 heteroatoms. The maximum Gasteiger partial charge on any atom is 0.206 e. The Morgan fingerprint density at radius 3 is 2.54 bits per heavy atom. The van der Waals surface area contributed by atoms with E-state index in [-0.39, 0.29) is 0 Å². The van der Waals surface area contributed by atoms with Gasteiger partial charge in [0.1, 0.15) is 0 Å². The van der Waals surface area contributed by atoms with Gasteiger partial charge in [0.15, 0.2) is 0 Å². The number of hydrogen-bond acceptors (Lipinski definition) is 5. The van der Waals surface area contributed by atoms with Gasteiger partial charge < -0.3 is 0 Å². The maximum absolute atomic E-state index is 4.27. The van der Waals surface area contributed by atoms with Crippen LogP contribution in [0.1, 0.15) is 22.3 Å². The van der Waals surface area contributed by atoms with Gasteiger partial charge in [0.25, 0.3) is 0 Å². The lowest BCUT2D eigenvalue weighted by Gasteiger charge is -2.09. The van der Waals surface area contributed by atoms with E-state index in [2.05, 4.69) is 81.3 Å². The van der Waals surface area contributed by atoms with Crippen LogP contribution in [0.25, 0.3) is 34.0 Å². The summed E-state index contributed by atoms with van der Waals surface area (Å²) in [6, 6.07) is 10.7. The Bertz CT molecular complexity index is 1030. The van der Waals surface area contributed by atoms with Crippen LogP contribution in [0.5, 0.6) is 0 Å². The minimum Gasteiger partial charge on any atom is -0.263 e. The number of aromatic nitrogens is 5. The van der Waals surface area contributed by atoms with Crippen molar-refractivity contribution in [3.8, 4) is 21.8 Å². The van der Waals surface area contributed by atoms with Crippen molar-refractivity contribution in [1.82, 2.24) is 25.6 Å². The molecule has 0 saturated heterocycles. The lowest BCUT2D eigenvalue weighted by molar-refractivity contribution is 0.881. The molecule has 1 aromatic carbocycles. The minimum absolute atomic E-state index is 0.542. The second-order valence-electron chi connectivity index (χ2n) is 6.08. The third-order valence-corrected chi connectivity index (χ3v) is 5.12. The van der Waals surface area contributed by atoms with Crippen LogP contribution in [-0.2, 0) is 0 Å². The molecule has 26 heavy (non-hydrogen) atoms. The van der Waals surface area contributed by atoms with Crippen LogP contribution < -0.4 is 0 Å². The lowest BCUT2D eigenvalue weighted by atomic mass is 9.97. The Balaban J connectivity index is 1.64. The van der Waals surface area contributed by atoms with Crippen LogP contribution >= 0.6 is 11.3 Å². The zero-order valence-corrected chi connectivity index (χ0v) is 15.3. The highest BCUT2D eigenvalue weighted by Gasteiger charge is 2.06. The van der Waals surface area contributed by atoms with Crippen LogP contribution in [0.2, 0.25) is 0 Å². The smallest absolute Gasteiger partial charge is 0.206 e. The summed E-state index contributed by atoms with van der Waals surface area (Å²) in [6.45, 7) is 4.30. The molecule has 0 bridgehead atoms. The molecule has 3 heterocycles. The SMILES string of the molecule is Cc1cc(-c2cccs2)cc(C)c1/C=C/c1cncc(-c2nn[nH]n2)c1. The first-order chi connectivity index (χ1) is 12.7. The van der Waals surface area contributed by atoms with E-state index in [1.54, 1.807) is 17.5 Å². The molecule has 0 fully saturated rings. The standard InChI is InChI=1S/C20H17N5S/c1-13-8-16(19-4-3-7-26-19)9-14(2)18(13)6-5-15-10-17(12-21-11-15)20-22-24-25-23-20/h3-12H,1-2H3,(H,22,23,24,25)/b6-5+. The van der Waals surface area contributed by atoms with Gasteiger partial charge in [-0.3, -0.25) is 4.98 Å². The Kier molecular flexibility index (Phi) is 4.41. The van der Waals surface area contributed by atoms with Gasteiger partial charge in [-0.2, -0.15) is 5.21 Å². The van der Waals surface area contributed by atoms with Gasteiger partial charge in [-0.15, -0.1) is 21.5 Å². The van der Waals surface area contributed by atoms with E-state index in [4.69, 9.17) is 0 Å². The lowest BCUT2D eigenvalue weighted by Crippen LogP contribution is -1.89. The van der Waals surface area contributed by atoms with Crippen molar-refractivity contribution in [1.29, 1.82) is 0 Å².